The average Bonchev–Trinajstić information content (AvgIpc) is 2.98. The first kappa shape index (κ1) is 29.2. The first-order chi connectivity index (χ1) is 19.4. The number of carbonyl (C=O) groups excluding carboxylic acids is 3. The van der Waals surface area contributed by atoms with Crippen molar-refractivity contribution in [1.82, 2.24) is 21.3 Å². The van der Waals surface area contributed by atoms with Gasteiger partial charge in [-0.2, -0.15) is 0 Å². The Hall–Kier alpha value is -3.76. The van der Waals surface area contributed by atoms with Gasteiger partial charge in [0.15, 0.2) is 11.5 Å². The molecule has 3 aromatic carbocycles. The van der Waals surface area contributed by atoms with Crippen LogP contribution in [-0.2, 0) is 20.8 Å². The summed E-state index contributed by atoms with van der Waals surface area (Å²) in [5.74, 6) is 0.796. The molecule has 0 aromatic heterocycles. The van der Waals surface area contributed by atoms with Gasteiger partial charge in [-0.3, -0.25) is 14.4 Å². The molecule has 0 radical (unpaired) electrons. The number of fused-ring (bicyclic) bond motifs is 1. The van der Waals surface area contributed by atoms with E-state index in [1.165, 1.54) is 11.8 Å². The van der Waals surface area contributed by atoms with E-state index in [9.17, 15) is 14.4 Å². The summed E-state index contributed by atoms with van der Waals surface area (Å²) < 4.78 is 10.6. The van der Waals surface area contributed by atoms with Gasteiger partial charge < -0.3 is 30.7 Å². The van der Waals surface area contributed by atoms with Crippen molar-refractivity contribution in [3.05, 3.63) is 66.2 Å². The Kier molecular flexibility index (Phi) is 10.3. The van der Waals surface area contributed by atoms with Crippen molar-refractivity contribution in [2.75, 3.05) is 46.2 Å². The molecule has 3 aromatic rings. The fourth-order valence-corrected chi connectivity index (χ4v) is 5.57. The van der Waals surface area contributed by atoms with Crippen molar-refractivity contribution in [3.63, 3.8) is 0 Å². The smallest absolute Gasteiger partial charge is 0.245 e. The van der Waals surface area contributed by atoms with Crippen molar-refractivity contribution in [3.8, 4) is 11.5 Å². The highest BCUT2D eigenvalue weighted by molar-refractivity contribution is 8.00. The summed E-state index contributed by atoms with van der Waals surface area (Å²) in [6, 6.07) is 19.4. The van der Waals surface area contributed by atoms with Crippen molar-refractivity contribution < 1.29 is 23.9 Å². The summed E-state index contributed by atoms with van der Waals surface area (Å²) in [6.07, 6.45) is 1.23. The standard InChI is InChI=1S/C30H36N4O5S/c1-38-25-11-10-23(19-26(25)39-2)40-20-28(36)34-30(12-14-31-15-13-30)29(37)33-17-16-32-27(35)18-22-8-5-7-21-6-3-4-9-24(21)22/h3-11,19,31H,12-18,20H2,1-2H3,(H,32,35)(H,33,37)(H,34,36). The van der Waals surface area contributed by atoms with Crippen LogP contribution in [0.25, 0.3) is 10.8 Å². The number of thioether (sulfide) groups is 1. The second-order valence-corrected chi connectivity index (χ2v) is 10.7. The largest absolute Gasteiger partial charge is 0.493 e. The van der Waals surface area contributed by atoms with Crippen molar-refractivity contribution in [2.24, 2.45) is 0 Å². The number of hydrogen-bond acceptors (Lipinski definition) is 7. The van der Waals surface area contributed by atoms with Gasteiger partial charge in [-0.25, -0.2) is 0 Å². The molecule has 212 valence electrons. The van der Waals surface area contributed by atoms with E-state index in [0.29, 0.717) is 44.0 Å². The Bertz CT molecular complexity index is 1340. The minimum absolute atomic E-state index is 0.109. The SMILES string of the molecule is COc1ccc(SCC(=O)NC2(C(=O)NCCNC(=O)Cc3cccc4ccccc34)CCNCC2)cc1OC. The van der Waals surface area contributed by atoms with Crippen LogP contribution in [0.3, 0.4) is 0 Å². The molecular formula is C30H36N4O5S. The Labute approximate surface area is 238 Å². The fourth-order valence-electron chi connectivity index (χ4n) is 4.85. The van der Waals surface area contributed by atoms with Gasteiger partial charge in [-0.15, -0.1) is 11.8 Å². The van der Waals surface area contributed by atoms with E-state index >= 15 is 0 Å². The van der Waals surface area contributed by atoms with Gasteiger partial charge in [0, 0.05) is 18.0 Å². The third-order valence-electron chi connectivity index (χ3n) is 6.96. The molecule has 9 nitrogen and oxygen atoms in total. The average molecular weight is 565 g/mol. The van der Waals surface area contributed by atoms with E-state index in [1.54, 1.807) is 20.3 Å². The van der Waals surface area contributed by atoms with Gasteiger partial charge in [0.05, 0.1) is 26.4 Å². The normalized spacial score (nSPS) is 14.2. The van der Waals surface area contributed by atoms with Crippen LogP contribution in [0.4, 0.5) is 0 Å². The summed E-state index contributed by atoms with van der Waals surface area (Å²) in [5, 5.41) is 14.2. The Balaban J connectivity index is 1.26. The third kappa shape index (κ3) is 7.45. The van der Waals surface area contributed by atoms with Crippen LogP contribution in [0.1, 0.15) is 18.4 Å². The van der Waals surface area contributed by atoms with Gasteiger partial charge >= 0.3 is 0 Å². The van der Waals surface area contributed by atoms with Crippen molar-refractivity contribution in [1.29, 1.82) is 0 Å². The van der Waals surface area contributed by atoms with Gasteiger partial charge in [0.25, 0.3) is 0 Å². The molecule has 10 heteroatoms. The number of carbonyl (C=O) groups is 3. The lowest BCUT2D eigenvalue weighted by Gasteiger charge is -2.37. The maximum atomic E-state index is 13.3. The van der Waals surface area contributed by atoms with Crippen LogP contribution in [0.2, 0.25) is 0 Å². The molecule has 1 aliphatic rings. The quantitative estimate of drug-likeness (QED) is 0.197. The molecule has 4 N–H and O–H groups in total. The maximum absolute atomic E-state index is 13.3. The van der Waals surface area contributed by atoms with E-state index in [0.717, 1.165) is 21.2 Å². The lowest BCUT2D eigenvalue weighted by atomic mass is 9.87. The van der Waals surface area contributed by atoms with Crippen LogP contribution >= 0.6 is 11.8 Å². The third-order valence-corrected chi connectivity index (χ3v) is 7.95. The summed E-state index contributed by atoms with van der Waals surface area (Å²) in [7, 11) is 3.14. The van der Waals surface area contributed by atoms with Gasteiger partial charge in [0.2, 0.25) is 17.7 Å². The summed E-state index contributed by atoms with van der Waals surface area (Å²) in [4.78, 5) is 39.6. The number of benzene rings is 3. The lowest BCUT2D eigenvalue weighted by Crippen LogP contribution is -2.63. The molecule has 0 atom stereocenters. The number of rotatable bonds is 12. The molecule has 0 spiro atoms. The van der Waals surface area contributed by atoms with E-state index < -0.39 is 5.54 Å². The molecule has 0 saturated carbocycles. The number of methoxy groups -OCH3 is 2. The number of ether oxygens (including phenoxy) is 2. The Morgan fingerprint density at radius 2 is 1.60 bits per heavy atom. The number of piperidine rings is 1. The highest BCUT2D eigenvalue weighted by Gasteiger charge is 2.40. The molecule has 4 rings (SSSR count). The van der Waals surface area contributed by atoms with Gasteiger partial charge in [-0.1, -0.05) is 42.5 Å². The fraction of sp³-hybridized carbons (Fsp3) is 0.367. The van der Waals surface area contributed by atoms with E-state index in [1.807, 2.05) is 54.6 Å². The molecule has 0 unspecified atom stereocenters. The molecule has 1 heterocycles. The molecule has 40 heavy (non-hydrogen) atoms. The zero-order valence-corrected chi connectivity index (χ0v) is 23.7. The predicted octanol–water partition coefficient (Wildman–Crippen LogP) is 2.66. The van der Waals surface area contributed by atoms with E-state index in [2.05, 4.69) is 21.3 Å². The highest BCUT2D eigenvalue weighted by Crippen LogP contribution is 2.32. The second-order valence-electron chi connectivity index (χ2n) is 9.61. The van der Waals surface area contributed by atoms with Crippen molar-refractivity contribution >= 4 is 40.3 Å². The molecule has 1 saturated heterocycles. The van der Waals surface area contributed by atoms with Crippen LogP contribution in [0.15, 0.2) is 65.6 Å². The highest BCUT2D eigenvalue weighted by atomic mass is 32.2. The van der Waals surface area contributed by atoms with Crippen LogP contribution in [-0.4, -0.2) is 69.4 Å². The molecule has 0 bridgehead atoms. The van der Waals surface area contributed by atoms with Crippen LogP contribution in [0.5, 0.6) is 11.5 Å². The minimum Gasteiger partial charge on any atom is -0.493 e. The number of nitrogens with one attached hydrogen (secondary N) is 4. The van der Waals surface area contributed by atoms with Gasteiger partial charge in [-0.05, 0) is 60.5 Å². The first-order valence-electron chi connectivity index (χ1n) is 13.3. The van der Waals surface area contributed by atoms with Gasteiger partial charge in [0.1, 0.15) is 5.54 Å². The minimum atomic E-state index is -0.993. The molecule has 3 amide bonds. The summed E-state index contributed by atoms with van der Waals surface area (Å²) >= 11 is 1.36. The second kappa shape index (κ2) is 14.0. The number of amides is 3. The maximum Gasteiger partial charge on any atom is 0.245 e. The number of hydrogen-bond donors (Lipinski definition) is 4. The molecule has 1 fully saturated rings. The van der Waals surface area contributed by atoms with Crippen LogP contribution < -0.4 is 30.7 Å². The Morgan fingerprint density at radius 3 is 2.38 bits per heavy atom. The van der Waals surface area contributed by atoms with E-state index in [-0.39, 0.29) is 36.4 Å². The topological polar surface area (TPSA) is 118 Å². The Morgan fingerprint density at radius 1 is 0.875 bits per heavy atom. The van der Waals surface area contributed by atoms with Crippen molar-refractivity contribution in [2.45, 2.75) is 29.7 Å². The molecule has 0 aliphatic carbocycles. The van der Waals surface area contributed by atoms with E-state index in [4.69, 9.17) is 9.47 Å². The predicted molar refractivity (Wildman–Crippen MR) is 157 cm³/mol. The van der Waals surface area contributed by atoms with Crippen LogP contribution in [0, 0.1) is 0 Å². The lowest BCUT2D eigenvalue weighted by molar-refractivity contribution is -0.133. The first-order valence-corrected chi connectivity index (χ1v) is 14.3. The monoisotopic (exact) mass is 564 g/mol. The molecule has 1 aliphatic heterocycles. The zero-order valence-electron chi connectivity index (χ0n) is 22.9. The molecular weight excluding hydrogens is 528 g/mol. The summed E-state index contributed by atoms with van der Waals surface area (Å²) in [5.41, 5.74) is -0.0325. The zero-order chi connectivity index (χ0) is 28.4. The summed E-state index contributed by atoms with van der Waals surface area (Å²) in [6.45, 7) is 1.81.